The van der Waals surface area contributed by atoms with Crippen LogP contribution in [0.15, 0.2) is 22.7 Å². The zero-order valence-electron chi connectivity index (χ0n) is 12.5. The lowest BCUT2D eigenvalue weighted by molar-refractivity contribution is -0.138. The molecular weight excluding hydrogens is 368 g/mol. The fraction of sp³-hybridized carbons (Fsp3) is 0.400. The molecule has 0 fully saturated rings. The van der Waals surface area contributed by atoms with Gasteiger partial charge in [-0.2, -0.15) is 0 Å². The van der Waals surface area contributed by atoms with Crippen LogP contribution in [-0.4, -0.2) is 42.6 Å². The predicted molar refractivity (Wildman–Crippen MR) is 86.4 cm³/mol. The van der Waals surface area contributed by atoms with Crippen LogP contribution in [0.5, 0.6) is 5.75 Å². The van der Waals surface area contributed by atoms with Gasteiger partial charge in [0.25, 0.3) is 5.91 Å². The summed E-state index contributed by atoms with van der Waals surface area (Å²) in [5, 5.41) is 11.3. The van der Waals surface area contributed by atoms with Crippen LogP contribution in [0.25, 0.3) is 0 Å². The zero-order chi connectivity index (χ0) is 17.0. The third-order valence-electron chi connectivity index (χ3n) is 3.34. The van der Waals surface area contributed by atoms with Crippen LogP contribution in [0.4, 0.5) is 5.69 Å². The maximum absolute atomic E-state index is 12.0. The van der Waals surface area contributed by atoms with Crippen LogP contribution in [-0.2, 0) is 14.4 Å². The zero-order valence-corrected chi connectivity index (χ0v) is 14.1. The van der Waals surface area contributed by atoms with Crippen molar-refractivity contribution in [3.8, 4) is 5.75 Å². The number of anilines is 1. The lowest BCUT2D eigenvalue weighted by Gasteiger charge is -2.29. The van der Waals surface area contributed by atoms with Gasteiger partial charge in [0.1, 0.15) is 12.3 Å². The van der Waals surface area contributed by atoms with Crippen LogP contribution < -0.4 is 15.0 Å². The van der Waals surface area contributed by atoms with E-state index in [-0.39, 0.29) is 43.8 Å². The SMILES string of the molecule is CC(CNC(=O)CN1C(=O)COc2cc(Br)ccc21)CC(=O)O. The number of aliphatic carboxylic acids is 1. The van der Waals surface area contributed by atoms with E-state index in [4.69, 9.17) is 9.84 Å². The Morgan fingerprint density at radius 3 is 2.91 bits per heavy atom. The molecule has 2 rings (SSSR count). The molecule has 7 nitrogen and oxygen atoms in total. The Bertz CT molecular complexity index is 634. The van der Waals surface area contributed by atoms with E-state index >= 15 is 0 Å². The van der Waals surface area contributed by atoms with Gasteiger partial charge in [-0.15, -0.1) is 0 Å². The fourth-order valence-corrected chi connectivity index (χ4v) is 2.55. The van der Waals surface area contributed by atoms with Crippen molar-refractivity contribution in [3.05, 3.63) is 22.7 Å². The van der Waals surface area contributed by atoms with Gasteiger partial charge in [-0.05, 0) is 24.1 Å². The van der Waals surface area contributed by atoms with Gasteiger partial charge < -0.3 is 15.2 Å². The molecule has 1 heterocycles. The first-order valence-corrected chi connectivity index (χ1v) is 7.87. The molecule has 1 aliphatic heterocycles. The Labute approximate surface area is 141 Å². The topological polar surface area (TPSA) is 95.9 Å². The van der Waals surface area contributed by atoms with Gasteiger partial charge in [0, 0.05) is 17.4 Å². The molecule has 0 spiro atoms. The summed E-state index contributed by atoms with van der Waals surface area (Å²) in [6, 6.07) is 5.21. The first-order chi connectivity index (χ1) is 10.9. The summed E-state index contributed by atoms with van der Waals surface area (Å²) >= 11 is 3.33. The maximum atomic E-state index is 12.0. The summed E-state index contributed by atoms with van der Waals surface area (Å²) < 4.78 is 6.17. The van der Waals surface area contributed by atoms with E-state index in [1.165, 1.54) is 4.90 Å². The van der Waals surface area contributed by atoms with Crippen molar-refractivity contribution in [2.24, 2.45) is 5.92 Å². The van der Waals surface area contributed by atoms with Crippen molar-refractivity contribution in [1.29, 1.82) is 0 Å². The van der Waals surface area contributed by atoms with Crippen molar-refractivity contribution in [3.63, 3.8) is 0 Å². The number of benzene rings is 1. The van der Waals surface area contributed by atoms with Gasteiger partial charge in [0.2, 0.25) is 5.91 Å². The molecule has 1 aliphatic rings. The molecular formula is C15H17BrN2O5. The summed E-state index contributed by atoms with van der Waals surface area (Å²) in [5.74, 6) is -1.19. The molecule has 1 aromatic carbocycles. The number of ether oxygens (including phenoxy) is 1. The van der Waals surface area contributed by atoms with Crippen molar-refractivity contribution >= 4 is 39.4 Å². The number of carboxylic acids is 1. The monoisotopic (exact) mass is 384 g/mol. The van der Waals surface area contributed by atoms with Gasteiger partial charge >= 0.3 is 5.97 Å². The number of carboxylic acid groups (broad SMARTS) is 1. The normalized spacial score (nSPS) is 14.7. The summed E-state index contributed by atoms with van der Waals surface area (Å²) in [6.45, 7) is 1.74. The van der Waals surface area contributed by atoms with E-state index in [2.05, 4.69) is 21.2 Å². The molecule has 0 radical (unpaired) electrons. The molecule has 0 bridgehead atoms. The summed E-state index contributed by atoms with van der Waals surface area (Å²) in [6.07, 6.45) is -0.0202. The highest BCUT2D eigenvalue weighted by Gasteiger charge is 2.27. The third kappa shape index (κ3) is 4.69. The Morgan fingerprint density at radius 1 is 1.48 bits per heavy atom. The van der Waals surface area contributed by atoms with E-state index < -0.39 is 5.97 Å². The molecule has 2 N–H and O–H groups in total. The van der Waals surface area contributed by atoms with Gasteiger partial charge in [-0.3, -0.25) is 19.3 Å². The molecule has 8 heteroatoms. The number of halogens is 1. The molecule has 0 aliphatic carbocycles. The fourth-order valence-electron chi connectivity index (χ4n) is 2.21. The molecule has 1 aromatic rings. The molecule has 0 aromatic heterocycles. The standard InChI is InChI=1S/C15H17BrN2O5/c1-9(4-15(21)22)6-17-13(19)7-18-11-3-2-10(16)5-12(11)23-8-14(18)20/h2-3,5,9H,4,6-8H2,1H3,(H,17,19)(H,21,22). The van der Waals surface area contributed by atoms with Gasteiger partial charge in [-0.25, -0.2) is 0 Å². The number of nitrogens with zero attached hydrogens (tertiary/aromatic N) is 1. The smallest absolute Gasteiger partial charge is 0.303 e. The van der Waals surface area contributed by atoms with E-state index in [9.17, 15) is 14.4 Å². The highest BCUT2D eigenvalue weighted by molar-refractivity contribution is 9.10. The number of amides is 2. The van der Waals surface area contributed by atoms with Crippen molar-refractivity contribution < 1.29 is 24.2 Å². The minimum absolute atomic E-state index is 0.0202. The summed E-state index contributed by atoms with van der Waals surface area (Å²) in [5.41, 5.74) is 0.540. The number of rotatable bonds is 6. The first kappa shape index (κ1) is 17.3. The number of carbonyl (C=O) groups excluding carboxylic acids is 2. The van der Waals surface area contributed by atoms with Crippen LogP contribution in [0, 0.1) is 5.92 Å². The average molecular weight is 385 g/mol. The lowest BCUT2D eigenvalue weighted by atomic mass is 10.1. The van der Waals surface area contributed by atoms with Crippen LogP contribution in [0.3, 0.4) is 0 Å². The highest BCUT2D eigenvalue weighted by atomic mass is 79.9. The molecule has 124 valence electrons. The number of carbonyl (C=O) groups is 3. The van der Waals surface area contributed by atoms with Gasteiger partial charge in [-0.1, -0.05) is 22.9 Å². The number of hydrogen-bond acceptors (Lipinski definition) is 4. The van der Waals surface area contributed by atoms with Crippen LogP contribution in [0.1, 0.15) is 13.3 Å². The average Bonchev–Trinajstić information content (AvgIpc) is 2.47. The van der Waals surface area contributed by atoms with E-state index in [1.54, 1.807) is 25.1 Å². The minimum Gasteiger partial charge on any atom is -0.482 e. The summed E-state index contributed by atoms with van der Waals surface area (Å²) in [4.78, 5) is 36.0. The predicted octanol–water partition coefficient (Wildman–Crippen LogP) is 1.40. The molecule has 23 heavy (non-hydrogen) atoms. The highest BCUT2D eigenvalue weighted by Crippen LogP contribution is 2.34. The largest absolute Gasteiger partial charge is 0.482 e. The summed E-state index contributed by atoms with van der Waals surface area (Å²) in [7, 11) is 0. The van der Waals surface area contributed by atoms with Gasteiger partial charge in [0.05, 0.1) is 5.69 Å². The number of hydrogen-bond donors (Lipinski definition) is 2. The lowest BCUT2D eigenvalue weighted by Crippen LogP contribution is -2.45. The minimum atomic E-state index is -0.908. The third-order valence-corrected chi connectivity index (χ3v) is 3.83. The van der Waals surface area contributed by atoms with E-state index in [0.717, 1.165) is 4.47 Å². The molecule has 1 unspecified atom stereocenters. The molecule has 1 atom stereocenters. The van der Waals surface area contributed by atoms with E-state index in [1.807, 2.05) is 0 Å². The van der Waals surface area contributed by atoms with Gasteiger partial charge in [0.15, 0.2) is 6.61 Å². The Hall–Kier alpha value is -2.09. The second kappa shape index (κ2) is 7.45. The van der Waals surface area contributed by atoms with Crippen molar-refractivity contribution in [2.45, 2.75) is 13.3 Å². The first-order valence-electron chi connectivity index (χ1n) is 7.08. The second-order valence-corrected chi connectivity index (χ2v) is 6.30. The molecule has 0 saturated heterocycles. The number of nitrogens with one attached hydrogen (secondary N) is 1. The van der Waals surface area contributed by atoms with Crippen molar-refractivity contribution in [1.82, 2.24) is 5.32 Å². The molecule has 0 saturated carbocycles. The quantitative estimate of drug-likeness (QED) is 0.772. The Morgan fingerprint density at radius 2 is 2.22 bits per heavy atom. The maximum Gasteiger partial charge on any atom is 0.303 e. The Balaban J connectivity index is 1.98. The van der Waals surface area contributed by atoms with Crippen LogP contribution >= 0.6 is 15.9 Å². The Kier molecular flexibility index (Phi) is 5.59. The van der Waals surface area contributed by atoms with Crippen LogP contribution in [0.2, 0.25) is 0 Å². The van der Waals surface area contributed by atoms with E-state index in [0.29, 0.717) is 11.4 Å². The number of fused-ring (bicyclic) bond motifs is 1. The second-order valence-electron chi connectivity index (χ2n) is 5.39. The van der Waals surface area contributed by atoms with Crippen molar-refractivity contribution in [2.75, 3.05) is 24.6 Å². The molecule has 2 amide bonds.